The van der Waals surface area contributed by atoms with E-state index in [0.717, 1.165) is 36.3 Å². The molecule has 0 bridgehead atoms. The largest absolute Gasteiger partial charge is 0.368 e. The van der Waals surface area contributed by atoms with E-state index >= 15 is 0 Å². The van der Waals surface area contributed by atoms with Gasteiger partial charge in [0.25, 0.3) is 0 Å². The minimum Gasteiger partial charge on any atom is -0.368 e. The molecule has 1 aliphatic rings. The van der Waals surface area contributed by atoms with Crippen LogP contribution in [0.5, 0.6) is 0 Å². The van der Waals surface area contributed by atoms with Gasteiger partial charge in [-0.05, 0) is 31.6 Å². The summed E-state index contributed by atoms with van der Waals surface area (Å²) in [5.74, 6) is 3.02. The fraction of sp³-hybridized carbons (Fsp3) is 0.692. The van der Waals surface area contributed by atoms with Crippen molar-refractivity contribution in [1.29, 1.82) is 0 Å². The molecule has 1 saturated heterocycles. The van der Waals surface area contributed by atoms with Crippen LogP contribution >= 0.6 is 0 Å². The van der Waals surface area contributed by atoms with Gasteiger partial charge in [0.1, 0.15) is 5.82 Å². The summed E-state index contributed by atoms with van der Waals surface area (Å²) in [5, 5.41) is 0. The molecule has 0 atom stereocenters. The van der Waals surface area contributed by atoms with E-state index in [1.807, 2.05) is 13.1 Å². The van der Waals surface area contributed by atoms with Crippen LogP contribution in [0.3, 0.4) is 0 Å². The molecule has 1 aromatic heterocycles. The van der Waals surface area contributed by atoms with E-state index in [0.29, 0.717) is 5.95 Å². The molecule has 94 valence electrons. The van der Waals surface area contributed by atoms with Gasteiger partial charge in [0.2, 0.25) is 5.95 Å². The summed E-state index contributed by atoms with van der Waals surface area (Å²) in [6.07, 6.45) is 4.31. The van der Waals surface area contributed by atoms with Crippen LogP contribution in [-0.2, 0) is 0 Å². The summed E-state index contributed by atoms with van der Waals surface area (Å²) < 4.78 is 0. The number of aryl methyl sites for hydroxylation is 1. The zero-order chi connectivity index (χ0) is 12.4. The van der Waals surface area contributed by atoms with Gasteiger partial charge >= 0.3 is 0 Å². The minimum atomic E-state index is 0.372. The Bertz CT molecular complexity index is 381. The molecule has 2 heterocycles. The Morgan fingerprint density at radius 2 is 2.00 bits per heavy atom. The maximum absolute atomic E-state index is 5.66. The summed E-state index contributed by atoms with van der Waals surface area (Å²) in [6, 6.07) is 0. The van der Waals surface area contributed by atoms with Crippen LogP contribution in [0.4, 0.5) is 11.8 Å². The molecule has 0 unspecified atom stereocenters. The van der Waals surface area contributed by atoms with E-state index in [4.69, 9.17) is 5.73 Å². The zero-order valence-corrected chi connectivity index (χ0v) is 11.0. The number of aromatic nitrogens is 2. The molecule has 17 heavy (non-hydrogen) atoms. The zero-order valence-electron chi connectivity index (χ0n) is 11.0. The van der Waals surface area contributed by atoms with Crippen LogP contribution in [-0.4, -0.2) is 23.1 Å². The first-order valence-corrected chi connectivity index (χ1v) is 6.42. The van der Waals surface area contributed by atoms with Gasteiger partial charge in [-0.3, -0.25) is 0 Å². The van der Waals surface area contributed by atoms with Gasteiger partial charge in [0.15, 0.2) is 0 Å². The Hall–Kier alpha value is -1.32. The highest BCUT2D eigenvalue weighted by molar-refractivity contribution is 5.48. The molecule has 2 rings (SSSR count). The van der Waals surface area contributed by atoms with E-state index in [1.165, 1.54) is 12.8 Å². The highest BCUT2D eigenvalue weighted by Gasteiger charge is 2.23. The Morgan fingerprint density at radius 3 is 2.59 bits per heavy atom. The van der Waals surface area contributed by atoms with Crippen molar-refractivity contribution in [2.45, 2.75) is 33.6 Å². The molecule has 2 N–H and O–H groups in total. The van der Waals surface area contributed by atoms with Crippen LogP contribution in [0.2, 0.25) is 0 Å². The van der Waals surface area contributed by atoms with Gasteiger partial charge in [0.05, 0.1) is 0 Å². The second-order valence-electron chi connectivity index (χ2n) is 5.30. The van der Waals surface area contributed by atoms with Crippen LogP contribution in [0.15, 0.2) is 6.20 Å². The van der Waals surface area contributed by atoms with Crippen LogP contribution in [0, 0.1) is 18.8 Å². The molecule has 0 aromatic carbocycles. The summed E-state index contributed by atoms with van der Waals surface area (Å²) in [7, 11) is 0. The predicted octanol–water partition coefficient (Wildman–Crippen LogP) is 2.24. The van der Waals surface area contributed by atoms with Gasteiger partial charge in [-0.15, -0.1) is 0 Å². The van der Waals surface area contributed by atoms with Crippen molar-refractivity contribution in [2.75, 3.05) is 23.7 Å². The summed E-state index contributed by atoms with van der Waals surface area (Å²) in [5.41, 5.74) is 6.77. The van der Waals surface area contributed by atoms with E-state index in [-0.39, 0.29) is 0 Å². The average Bonchev–Trinajstić information content (AvgIpc) is 2.32. The fourth-order valence-corrected chi connectivity index (χ4v) is 2.54. The quantitative estimate of drug-likeness (QED) is 0.852. The van der Waals surface area contributed by atoms with Crippen molar-refractivity contribution in [1.82, 2.24) is 9.97 Å². The van der Waals surface area contributed by atoms with Crippen LogP contribution in [0.25, 0.3) is 0 Å². The molecule has 0 spiro atoms. The van der Waals surface area contributed by atoms with Crippen molar-refractivity contribution in [3.05, 3.63) is 11.8 Å². The van der Waals surface area contributed by atoms with Crippen molar-refractivity contribution < 1.29 is 0 Å². The fourth-order valence-electron chi connectivity index (χ4n) is 2.54. The number of piperidine rings is 1. The van der Waals surface area contributed by atoms with E-state index in [9.17, 15) is 0 Å². The normalized spacial score (nSPS) is 17.8. The Balaban J connectivity index is 2.07. The molecule has 0 aliphatic carbocycles. The van der Waals surface area contributed by atoms with E-state index in [2.05, 4.69) is 28.7 Å². The molecule has 4 heteroatoms. The number of hydrogen-bond acceptors (Lipinski definition) is 4. The first-order valence-electron chi connectivity index (χ1n) is 6.42. The summed E-state index contributed by atoms with van der Waals surface area (Å²) in [4.78, 5) is 10.7. The maximum atomic E-state index is 5.66. The first kappa shape index (κ1) is 12.1. The number of nitrogens with two attached hydrogens (primary N) is 1. The molecular weight excluding hydrogens is 212 g/mol. The topological polar surface area (TPSA) is 55.0 Å². The number of nitrogens with zero attached hydrogens (tertiary/aromatic N) is 3. The maximum Gasteiger partial charge on any atom is 0.221 e. The number of rotatable bonds is 2. The standard InChI is InChI=1S/C13H22N4/c1-9(2)11-4-6-17(7-5-11)12-10(3)8-15-13(14)16-12/h8-9,11H,4-7H2,1-3H3,(H2,14,15,16). The van der Waals surface area contributed by atoms with Crippen LogP contribution < -0.4 is 10.6 Å². The van der Waals surface area contributed by atoms with Crippen LogP contribution in [0.1, 0.15) is 32.3 Å². The second kappa shape index (κ2) is 4.90. The highest BCUT2D eigenvalue weighted by atomic mass is 15.2. The first-order chi connectivity index (χ1) is 8.08. The summed E-state index contributed by atoms with van der Waals surface area (Å²) in [6.45, 7) is 8.84. The smallest absolute Gasteiger partial charge is 0.221 e. The van der Waals surface area contributed by atoms with Gasteiger partial charge in [0, 0.05) is 24.8 Å². The summed E-state index contributed by atoms with van der Waals surface area (Å²) >= 11 is 0. The SMILES string of the molecule is Cc1cnc(N)nc1N1CCC(C(C)C)CC1. The Labute approximate surface area is 103 Å². The third-order valence-electron chi connectivity index (χ3n) is 3.75. The molecule has 1 aromatic rings. The van der Waals surface area contributed by atoms with Gasteiger partial charge in [-0.25, -0.2) is 4.98 Å². The lowest BCUT2D eigenvalue weighted by Gasteiger charge is -2.35. The molecule has 4 nitrogen and oxygen atoms in total. The Kier molecular flexibility index (Phi) is 3.50. The third kappa shape index (κ3) is 2.68. The van der Waals surface area contributed by atoms with Crippen molar-refractivity contribution in [3.63, 3.8) is 0 Å². The van der Waals surface area contributed by atoms with E-state index < -0.39 is 0 Å². The molecular formula is C13H22N4. The molecule has 0 amide bonds. The molecule has 0 radical (unpaired) electrons. The number of nitrogen functional groups attached to an aromatic ring is 1. The van der Waals surface area contributed by atoms with Gasteiger partial charge in [-0.1, -0.05) is 13.8 Å². The average molecular weight is 234 g/mol. The monoisotopic (exact) mass is 234 g/mol. The molecule has 1 aliphatic heterocycles. The van der Waals surface area contributed by atoms with Crippen molar-refractivity contribution >= 4 is 11.8 Å². The number of anilines is 2. The van der Waals surface area contributed by atoms with Gasteiger partial charge < -0.3 is 10.6 Å². The highest BCUT2D eigenvalue weighted by Crippen LogP contribution is 2.28. The number of hydrogen-bond donors (Lipinski definition) is 1. The third-order valence-corrected chi connectivity index (χ3v) is 3.75. The van der Waals surface area contributed by atoms with Gasteiger partial charge in [-0.2, -0.15) is 4.98 Å². The van der Waals surface area contributed by atoms with E-state index in [1.54, 1.807) is 0 Å². The second-order valence-corrected chi connectivity index (χ2v) is 5.30. The lowest BCUT2D eigenvalue weighted by Crippen LogP contribution is -2.36. The Morgan fingerprint density at radius 1 is 1.35 bits per heavy atom. The molecule has 0 saturated carbocycles. The van der Waals surface area contributed by atoms with Crippen molar-refractivity contribution in [3.8, 4) is 0 Å². The van der Waals surface area contributed by atoms with Crippen molar-refractivity contribution in [2.24, 2.45) is 11.8 Å². The lowest BCUT2D eigenvalue weighted by molar-refractivity contribution is 0.310. The minimum absolute atomic E-state index is 0.372. The lowest BCUT2D eigenvalue weighted by atomic mass is 9.87. The predicted molar refractivity (Wildman–Crippen MR) is 71.0 cm³/mol. The molecule has 1 fully saturated rings.